The van der Waals surface area contributed by atoms with E-state index in [1.807, 2.05) is 0 Å². The maximum absolute atomic E-state index is 12.2. The Morgan fingerprint density at radius 1 is 1.29 bits per heavy atom. The zero-order valence-corrected chi connectivity index (χ0v) is 13.4. The van der Waals surface area contributed by atoms with E-state index in [4.69, 9.17) is 16.7 Å². The van der Waals surface area contributed by atoms with Crippen LogP contribution in [0.1, 0.15) is 10.4 Å². The normalized spacial score (nSPS) is 11.1. The van der Waals surface area contributed by atoms with Gasteiger partial charge in [-0.1, -0.05) is 27.5 Å². The number of nitrogens with one attached hydrogen (secondary N) is 1. The third kappa shape index (κ3) is 3.72. The van der Waals surface area contributed by atoms with E-state index in [0.717, 1.165) is 6.20 Å². The van der Waals surface area contributed by atoms with E-state index < -0.39 is 16.0 Å². The molecule has 0 radical (unpaired) electrons. The maximum Gasteiger partial charge on any atom is 0.337 e. The number of nitrogens with zero attached hydrogens (tertiary/aromatic N) is 1. The van der Waals surface area contributed by atoms with E-state index in [9.17, 15) is 13.2 Å². The Morgan fingerprint density at radius 3 is 2.62 bits per heavy atom. The van der Waals surface area contributed by atoms with Crippen LogP contribution in [-0.4, -0.2) is 24.5 Å². The number of aromatic carboxylic acids is 1. The number of halogens is 2. The molecule has 0 fully saturated rings. The van der Waals surface area contributed by atoms with Crippen molar-refractivity contribution in [2.45, 2.75) is 4.90 Å². The van der Waals surface area contributed by atoms with Gasteiger partial charge in [-0.15, -0.1) is 0 Å². The zero-order valence-electron chi connectivity index (χ0n) is 10.2. The third-order valence-electron chi connectivity index (χ3n) is 2.42. The van der Waals surface area contributed by atoms with E-state index in [1.54, 1.807) is 0 Å². The van der Waals surface area contributed by atoms with Gasteiger partial charge >= 0.3 is 5.97 Å². The Bertz CT molecular complexity index is 811. The Hall–Kier alpha value is -1.64. The molecule has 0 unspecified atom stereocenters. The molecule has 110 valence electrons. The highest BCUT2D eigenvalue weighted by Gasteiger charge is 2.19. The summed E-state index contributed by atoms with van der Waals surface area (Å²) in [6.07, 6.45) is 2.32. The summed E-state index contributed by atoms with van der Waals surface area (Å²) in [5.74, 6) is -1.20. The second-order valence-electron chi connectivity index (χ2n) is 3.95. The second-order valence-corrected chi connectivity index (χ2v) is 6.92. The van der Waals surface area contributed by atoms with Gasteiger partial charge in [-0.05, 0) is 24.3 Å². The van der Waals surface area contributed by atoms with Crippen LogP contribution in [0.4, 0.5) is 5.69 Å². The molecule has 0 amide bonds. The predicted molar refractivity (Wildman–Crippen MR) is 81.2 cm³/mol. The SMILES string of the molecule is O=C(O)c1cncc(NS(=O)(=O)c2ccc(Br)cc2Cl)c1. The monoisotopic (exact) mass is 390 g/mol. The summed E-state index contributed by atoms with van der Waals surface area (Å²) in [7, 11) is -3.94. The quantitative estimate of drug-likeness (QED) is 0.835. The van der Waals surface area contributed by atoms with Gasteiger partial charge in [0.05, 0.1) is 22.5 Å². The summed E-state index contributed by atoms with van der Waals surface area (Å²) in [4.78, 5) is 14.4. The molecule has 0 atom stereocenters. The van der Waals surface area contributed by atoms with Crippen LogP contribution in [0, 0.1) is 0 Å². The molecule has 1 heterocycles. The molecule has 9 heteroatoms. The van der Waals surface area contributed by atoms with Crippen molar-refractivity contribution in [3.8, 4) is 0 Å². The number of hydrogen-bond donors (Lipinski definition) is 2. The number of rotatable bonds is 4. The number of carboxylic acids is 1. The largest absolute Gasteiger partial charge is 0.478 e. The summed E-state index contributed by atoms with van der Waals surface area (Å²) < 4.78 is 27.3. The molecular weight excluding hydrogens is 384 g/mol. The lowest BCUT2D eigenvalue weighted by Gasteiger charge is -2.09. The maximum atomic E-state index is 12.2. The van der Waals surface area contributed by atoms with Crippen molar-refractivity contribution in [3.05, 3.63) is 51.7 Å². The van der Waals surface area contributed by atoms with Crippen molar-refractivity contribution < 1.29 is 18.3 Å². The summed E-state index contributed by atoms with van der Waals surface area (Å²) in [5, 5.41) is 8.90. The first-order valence-corrected chi connectivity index (χ1v) is 8.11. The Morgan fingerprint density at radius 2 is 2.00 bits per heavy atom. The number of benzene rings is 1. The smallest absolute Gasteiger partial charge is 0.337 e. The van der Waals surface area contributed by atoms with E-state index in [1.165, 1.54) is 30.5 Å². The second kappa shape index (κ2) is 6.00. The van der Waals surface area contributed by atoms with Crippen molar-refractivity contribution in [3.63, 3.8) is 0 Å². The average Bonchev–Trinajstić information content (AvgIpc) is 2.37. The van der Waals surface area contributed by atoms with Crippen molar-refractivity contribution in [1.82, 2.24) is 4.98 Å². The molecule has 2 rings (SSSR count). The lowest BCUT2D eigenvalue weighted by atomic mass is 10.3. The van der Waals surface area contributed by atoms with Crippen molar-refractivity contribution in [1.29, 1.82) is 0 Å². The standard InChI is InChI=1S/C12H8BrClN2O4S/c13-8-1-2-11(10(14)4-8)21(19,20)16-9-3-7(12(17)18)5-15-6-9/h1-6,16H,(H,17,18). The first-order valence-electron chi connectivity index (χ1n) is 5.46. The van der Waals surface area contributed by atoms with Gasteiger partial charge < -0.3 is 5.11 Å². The van der Waals surface area contributed by atoms with Crippen molar-refractivity contribution in [2.75, 3.05) is 4.72 Å². The number of pyridine rings is 1. The topological polar surface area (TPSA) is 96.4 Å². The highest BCUT2D eigenvalue weighted by atomic mass is 79.9. The molecular formula is C12H8BrClN2O4S. The fourth-order valence-electron chi connectivity index (χ4n) is 1.52. The molecule has 21 heavy (non-hydrogen) atoms. The number of sulfonamides is 1. The Balaban J connectivity index is 2.37. The summed E-state index contributed by atoms with van der Waals surface area (Å²) >= 11 is 9.08. The van der Waals surface area contributed by atoms with Crippen LogP contribution >= 0.6 is 27.5 Å². The molecule has 1 aromatic carbocycles. The third-order valence-corrected chi connectivity index (χ3v) is 4.78. The molecule has 2 aromatic rings. The number of aromatic nitrogens is 1. The minimum atomic E-state index is -3.94. The number of carbonyl (C=O) groups is 1. The molecule has 0 spiro atoms. The fraction of sp³-hybridized carbons (Fsp3) is 0. The molecule has 0 aliphatic carbocycles. The first-order chi connectivity index (χ1) is 9.79. The van der Waals surface area contributed by atoms with Gasteiger partial charge in [0.1, 0.15) is 4.90 Å². The van der Waals surface area contributed by atoms with E-state index in [2.05, 4.69) is 25.6 Å². The van der Waals surface area contributed by atoms with Gasteiger partial charge in [-0.25, -0.2) is 13.2 Å². The molecule has 0 aliphatic heterocycles. The lowest BCUT2D eigenvalue weighted by Crippen LogP contribution is -2.14. The van der Waals surface area contributed by atoms with Crippen LogP contribution < -0.4 is 4.72 Å². The Kier molecular flexibility index (Phi) is 4.50. The van der Waals surface area contributed by atoms with Crippen molar-refractivity contribution in [2.24, 2.45) is 0 Å². The van der Waals surface area contributed by atoms with Gasteiger partial charge in [0, 0.05) is 10.7 Å². The van der Waals surface area contributed by atoms with Gasteiger partial charge in [-0.3, -0.25) is 9.71 Å². The lowest BCUT2D eigenvalue weighted by molar-refractivity contribution is 0.0696. The molecule has 0 saturated heterocycles. The van der Waals surface area contributed by atoms with E-state index in [0.29, 0.717) is 4.47 Å². The van der Waals surface area contributed by atoms with Crippen molar-refractivity contribution >= 4 is 49.2 Å². The predicted octanol–water partition coefficient (Wildman–Crippen LogP) is 3.00. The number of hydrogen-bond acceptors (Lipinski definition) is 4. The minimum Gasteiger partial charge on any atom is -0.478 e. The fourth-order valence-corrected chi connectivity index (χ4v) is 3.59. The molecule has 2 N–H and O–H groups in total. The van der Waals surface area contributed by atoms with Gasteiger partial charge in [-0.2, -0.15) is 0 Å². The van der Waals surface area contributed by atoms with Crippen LogP contribution in [0.3, 0.4) is 0 Å². The van der Waals surface area contributed by atoms with Crippen LogP contribution in [0.2, 0.25) is 5.02 Å². The van der Waals surface area contributed by atoms with Crippen LogP contribution in [0.5, 0.6) is 0 Å². The number of carboxylic acid groups (broad SMARTS) is 1. The molecule has 0 saturated carbocycles. The molecule has 0 aliphatic rings. The summed E-state index contributed by atoms with van der Waals surface area (Å²) in [5.41, 5.74) is -0.0917. The highest BCUT2D eigenvalue weighted by molar-refractivity contribution is 9.10. The van der Waals surface area contributed by atoms with Crippen LogP contribution in [-0.2, 0) is 10.0 Å². The van der Waals surface area contributed by atoms with Gasteiger partial charge in [0.15, 0.2) is 0 Å². The van der Waals surface area contributed by atoms with Gasteiger partial charge in [0.25, 0.3) is 10.0 Å². The molecule has 0 bridgehead atoms. The number of anilines is 1. The first kappa shape index (κ1) is 15.7. The van der Waals surface area contributed by atoms with E-state index in [-0.39, 0.29) is 21.2 Å². The minimum absolute atomic E-state index is 0.0360. The molecule has 1 aromatic heterocycles. The van der Waals surface area contributed by atoms with E-state index >= 15 is 0 Å². The van der Waals surface area contributed by atoms with Gasteiger partial charge in [0.2, 0.25) is 0 Å². The average molecular weight is 392 g/mol. The Labute approximate surface area is 134 Å². The zero-order chi connectivity index (χ0) is 15.6. The highest BCUT2D eigenvalue weighted by Crippen LogP contribution is 2.26. The molecule has 6 nitrogen and oxygen atoms in total. The van der Waals surface area contributed by atoms with Crippen LogP contribution in [0.15, 0.2) is 46.0 Å². The van der Waals surface area contributed by atoms with Crippen LogP contribution in [0.25, 0.3) is 0 Å². The summed E-state index contributed by atoms with van der Waals surface area (Å²) in [6, 6.07) is 5.48. The summed E-state index contributed by atoms with van der Waals surface area (Å²) in [6.45, 7) is 0.